The zero-order chi connectivity index (χ0) is 17.9. The molecule has 2 rings (SSSR count). The van der Waals surface area contributed by atoms with E-state index < -0.39 is 15.9 Å². The van der Waals surface area contributed by atoms with Crippen molar-refractivity contribution in [3.63, 3.8) is 0 Å². The average Bonchev–Trinajstić information content (AvgIpc) is 2.83. The summed E-state index contributed by atoms with van der Waals surface area (Å²) in [5.41, 5.74) is 1.49. The van der Waals surface area contributed by atoms with Crippen molar-refractivity contribution >= 4 is 63.0 Å². The highest BCUT2D eigenvalue weighted by atomic mass is 35.6. The van der Waals surface area contributed by atoms with Crippen LogP contribution in [0.2, 0.25) is 0 Å². The molecule has 0 bridgehead atoms. The minimum Gasteiger partial charge on any atom is -0.462 e. The molecular weight excluding hydrogens is 395 g/mol. The number of aryl methyl sites for hydroxylation is 1. The normalized spacial score (nSPS) is 15.4. The van der Waals surface area contributed by atoms with Gasteiger partial charge >= 0.3 is 5.97 Å². The van der Waals surface area contributed by atoms with Crippen molar-refractivity contribution in [2.75, 3.05) is 11.9 Å². The van der Waals surface area contributed by atoms with Gasteiger partial charge in [-0.25, -0.2) is 4.79 Å². The lowest BCUT2D eigenvalue weighted by atomic mass is 9.95. The number of halogens is 3. The Bertz CT molecular complexity index is 628. The van der Waals surface area contributed by atoms with E-state index in [1.54, 1.807) is 6.92 Å². The molecular formula is C15H19Cl3N2O3S. The molecule has 1 amide bonds. The zero-order valence-electron chi connectivity index (χ0n) is 13.4. The van der Waals surface area contributed by atoms with Crippen LogP contribution in [0.1, 0.15) is 47.5 Å². The third-order valence-electron chi connectivity index (χ3n) is 3.60. The van der Waals surface area contributed by atoms with Gasteiger partial charge in [0.05, 0.1) is 12.2 Å². The van der Waals surface area contributed by atoms with Crippen LogP contribution in [0, 0.1) is 0 Å². The summed E-state index contributed by atoms with van der Waals surface area (Å²) in [4.78, 5) is 24.9. The summed E-state index contributed by atoms with van der Waals surface area (Å²) in [5, 5.41) is 6.12. The summed E-state index contributed by atoms with van der Waals surface area (Å²) in [6, 6.07) is 0. The number of carbonyl (C=O) groups excluding carboxylic acids is 2. The third kappa shape index (κ3) is 4.69. The van der Waals surface area contributed by atoms with Gasteiger partial charge in [-0.05, 0) is 38.2 Å². The second-order valence-corrected chi connectivity index (χ2v) is 8.93. The molecule has 0 saturated carbocycles. The van der Waals surface area contributed by atoms with E-state index in [1.165, 1.54) is 18.3 Å². The molecule has 0 aromatic carbocycles. The molecule has 0 fully saturated rings. The van der Waals surface area contributed by atoms with E-state index in [1.807, 2.05) is 0 Å². The first-order chi connectivity index (χ1) is 11.2. The number of thiophene rings is 1. The highest BCUT2D eigenvalue weighted by molar-refractivity contribution is 7.16. The van der Waals surface area contributed by atoms with Crippen molar-refractivity contribution in [2.24, 2.45) is 0 Å². The first kappa shape index (κ1) is 19.6. The van der Waals surface area contributed by atoms with Crippen LogP contribution in [0.3, 0.4) is 0 Å². The largest absolute Gasteiger partial charge is 0.462 e. The summed E-state index contributed by atoms with van der Waals surface area (Å²) in [7, 11) is 0. The maximum atomic E-state index is 12.4. The van der Waals surface area contributed by atoms with Gasteiger partial charge in [-0.3, -0.25) is 4.79 Å². The van der Waals surface area contributed by atoms with Gasteiger partial charge in [0, 0.05) is 11.8 Å². The molecule has 0 aliphatic heterocycles. The Labute approximate surface area is 160 Å². The quantitative estimate of drug-likeness (QED) is 0.434. The molecule has 1 aromatic heterocycles. The van der Waals surface area contributed by atoms with Gasteiger partial charge in [0.25, 0.3) is 0 Å². The number of rotatable bonds is 5. The molecule has 1 aromatic rings. The van der Waals surface area contributed by atoms with Crippen LogP contribution in [0.4, 0.5) is 5.00 Å². The maximum Gasteiger partial charge on any atom is 0.341 e. The Morgan fingerprint density at radius 1 is 1.29 bits per heavy atom. The second kappa shape index (κ2) is 8.13. The van der Waals surface area contributed by atoms with Crippen molar-refractivity contribution in [1.82, 2.24) is 5.32 Å². The van der Waals surface area contributed by atoms with E-state index in [4.69, 9.17) is 39.5 Å². The van der Waals surface area contributed by atoms with Gasteiger partial charge in [0.15, 0.2) is 0 Å². The lowest BCUT2D eigenvalue weighted by Gasteiger charge is -2.26. The number of carbonyl (C=O) groups is 2. The Kier molecular flexibility index (Phi) is 6.65. The van der Waals surface area contributed by atoms with Gasteiger partial charge in [0.1, 0.15) is 11.2 Å². The van der Waals surface area contributed by atoms with E-state index in [2.05, 4.69) is 10.6 Å². The van der Waals surface area contributed by atoms with Crippen LogP contribution in [0.5, 0.6) is 0 Å². The van der Waals surface area contributed by atoms with E-state index in [-0.39, 0.29) is 12.5 Å². The smallest absolute Gasteiger partial charge is 0.341 e. The molecule has 2 N–H and O–H groups in total. The number of ether oxygens (including phenoxy) is 1. The lowest BCUT2D eigenvalue weighted by molar-refractivity contribution is -0.119. The summed E-state index contributed by atoms with van der Waals surface area (Å²) in [6.45, 7) is 3.37. The lowest BCUT2D eigenvalue weighted by Crippen LogP contribution is -2.48. The summed E-state index contributed by atoms with van der Waals surface area (Å²) >= 11 is 19.3. The van der Waals surface area contributed by atoms with Gasteiger partial charge in [-0.1, -0.05) is 34.8 Å². The van der Waals surface area contributed by atoms with Crippen LogP contribution < -0.4 is 10.6 Å². The topological polar surface area (TPSA) is 67.4 Å². The Balaban J connectivity index is 2.39. The Morgan fingerprint density at radius 2 is 1.96 bits per heavy atom. The summed E-state index contributed by atoms with van der Waals surface area (Å²) < 4.78 is 3.41. The van der Waals surface area contributed by atoms with E-state index >= 15 is 0 Å². The van der Waals surface area contributed by atoms with E-state index in [9.17, 15) is 9.59 Å². The molecule has 1 aliphatic rings. The summed E-state index contributed by atoms with van der Waals surface area (Å²) in [6.07, 6.45) is 2.87. The molecule has 5 nitrogen and oxygen atoms in total. The molecule has 24 heavy (non-hydrogen) atoms. The predicted molar refractivity (Wildman–Crippen MR) is 98.4 cm³/mol. The number of hydrogen-bond donors (Lipinski definition) is 2. The zero-order valence-corrected chi connectivity index (χ0v) is 16.5. The first-order valence-corrected chi connectivity index (χ1v) is 9.61. The van der Waals surface area contributed by atoms with Gasteiger partial charge in [0.2, 0.25) is 9.70 Å². The molecule has 0 saturated heterocycles. The number of nitrogens with one attached hydrogen (secondary N) is 2. The fraction of sp³-hybridized carbons (Fsp3) is 0.600. The fourth-order valence-electron chi connectivity index (χ4n) is 2.62. The number of anilines is 1. The van der Waals surface area contributed by atoms with E-state index in [0.29, 0.717) is 10.6 Å². The molecule has 0 unspecified atom stereocenters. The van der Waals surface area contributed by atoms with Crippen molar-refractivity contribution in [3.05, 3.63) is 16.0 Å². The summed E-state index contributed by atoms with van der Waals surface area (Å²) in [5.74, 6) is -0.747. The molecule has 0 spiro atoms. The van der Waals surface area contributed by atoms with Gasteiger partial charge in [-0.2, -0.15) is 0 Å². The monoisotopic (exact) mass is 412 g/mol. The van der Waals surface area contributed by atoms with Crippen LogP contribution >= 0.6 is 46.1 Å². The predicted octanol–water partition coefficient (Wildman–Crippen LogP) is 4.05. The van der Waals surface area contributed by atoms with Crippen LogP contribution in [-0.4, -0.2) is 28.4 Å². The molecule has 1 aliphatic carbocycles. The minimum atomic E-state index is -1.78. The highest BCUT2D eigenvalue weighted by Crippen LogP contribution is 2.40. The van der Waals surface area contributed by atoms with Crippen LogP contribution in [0.25, 0.3) is 0 Å². The SMILES string of the molecule is CCOC(=O)c1c(N[C@@H](NC(C)=O)C(Cl)(Cl)Cl)sc2c1CCCC2. The van der Waals surface area contributed by atoms with Crippen molar-refractivity contribution in [1.29, 1.82) is 0 Å². The second-order valence-electron chi connectivity index (χ2n) is 5.45. The number of esters is 1. The van der Waals surface area contributed by atoms with Crippen molar-refractivity contribution < 1.29 is 14.3 Å². The molecule has 1 heterocycles. The standard InChI is InChI=1S/C15H19Cl3N2O3S/c1-3-23-13(22)11-9-6-4-5-7-10(9)24-12(11)20-14(15(16,17)18)19-8(2)21/h14,20H,3-7H2,1-2H3,(H,19,21)/t14-/m1/s1. The maximum absolute atomic E-state index is 12.4. The molecule has 134 valence electrons. The fourth-order valence-corrected chi connectivity index (χ4v) is 4.25. The molecule has 9 heteroatoms. The number of hydrogen-bond acceptors (Lipinski definition) is 5. The van der Waals surface area contributed by atoms with E-state index in [0.717, 1.165) is 36.1 Å². The Morgan fingerprint density at radius 3 is 2.54 bits per heavy atom. The van der Waals surface area contributed by atoms with Gasteiger partial charge < -0.3 is 15.4 Å². The number of alkyl halides is 3. The first-order valence-electron chi connectivity index (χ1n) is 7.66. The highest BCUT2D eigenvalue weighted by Gasteiger charge is 2.36. The van der Waals surface area contributed by atoms with Crippen molar-refractivity contribution in [2.45, 2.75) is 49.5 Å². The average molecular weight is 414 g/mol. The number of amides is 1. The van der Waals surface area contributed by atoms with Gasteiger partial charge in [-0.15, -0.1) is 11.3 Å². The third-order valence-corrected chi connectivity index (χ3v) is 5.48. The molecule has 0 radical (unpaired) electrons. The van der Waals surface area contributed by atoms with Crippen LogP contribution in [-0.2, 0) is 22.4 Å². The van der Waals surface area contributed by atoms with Crippen molar-refractivity contribution in [3.8, 4) is 0 Å². The minimum absolute atomic E-state index is 0.280. The molecule has 1 atom stereocenters. The number of fused-ring (bicyclic) bond motifs is 1. The van der Waals surface area contributed by atoms with Crippen LogP contribution in [0.15, 0.2) is 0 Å². The Hall–Kier alpha value is -0.690.